The molecule has 1 heterocycles. The number of nitrogens with two attached hydrogens (primary N) is 1. The molecule has 5 rings (SSSR count). The molecule has 4 atom stereocenters. The fraction of sp³-hybridized carbons (Fsp3) is 0.379. The van der Waals surface area contributed by atoms with Crippen LogP contribution >= 0.6 is 0 Å². The average molecular weight is 519 g/mol. The molecule has 1 amide bonds. The van der Waals surface area contributed by atoms with Crippen LogP contribution in [0.25, 0.3) is 5.76 Å². The highest BCUT2D eigenvalue weighted by Crippen LogP contribution is 2.54. The first kappa shape index (κ1) is 25.7. The van der Waals surface area contributed by atoms with E-state index >= 15 is 0 Å². The Hall–Kier alpha value is -3.98. The van der Waals surface area contributed by atoms with Gasteiger partial charge in [-0.15, -0.1) is 0 Å². The van der Waals surface area contributed by atoms with Gasteiger partial charge in [-0.05, 0) is 66.8 Å². The Morgan fingerprint density at radius 1 is 1.13 bits per heavy atom. The smallest absolute Gasteiger partial charge is 0.255 e. The Kier molecular flexibility index (Phi) is 6.14. The molecule has 0 saturated heterocycles. The summed E-state index contributed by atoms with van der Waals surface area (Å²) in [7, 11) is 0. The molecular weight excluding hydrogens is 488 g/mol. The number of primary amides is 1. The van der Waals surface area contributed by atoms with E-state index in [4.69, 9.17) is 5.73 Å². The van der Waals surface area contributed by atoms with Gasteiger partial charge in [0.15, 0.2) is 11.4 Å². The van der Waals surface area contributed by atoms with E-state index in [-0.39, 0.29) is 35.6 Å². The van der Waals surface area contributed by atoms with E-state index in [0.29, 0.717) is 18.4 Å². The lowest BCUT2D eigenvalue weighted by molar-refractivity contribution is -0.155. The number of aliphatic hydroxyl groups excluding tert-OH is 2. The molecule has 9 heteroatoms. The quantitative estimate of drug-likeness (QED) is 0.376. The number of aryl methyl sites for hydroxylation is 2. The van der Waals surface area contributed by atoms with Crippen molar-refractivity contribution in [3.8, 4) is 5.75 Å². The molecule has 2 aromatic rings. The van der Waals surface area contributed by atoms with Crippen molar-refractivity contribution in [2.75, 3.05) is 0 Å². The molecular formula is C29H30N2O7. The highest BCUT2D eigenvalue weighted by Gasteiger charge is 2.64. The second-order valence-corrected chi connectivity index (χ2v) is 10.7. The van der Waals surface area contributed by atoms with Gasteiger partial charge in [0.1, 0.15) is 22.8 Å². The fourth-order valence-corrected chi connectivity index (χ4v) is 6.59. The van der Waals surface area contributed by atoms with Gasteiger partial charge in [-0.1, -0.05) is 26.0 Å². The number of carbonyl (C=O) groups excluding carboxylic acids is 3. The summed E-state index contributed by atoms with van der Waals surface area (Å²) >= 11 is 0. The summed E-state index contributed by atoms with van der Waals surface area (Å²) in [6.45, 7) is 3.47. The second-order valence-electron chi connectivity index (χ2n) is 10.7. The Labute approximate surface area is 219 Å². The standard InChI is InChI=1S/C29H30N2O7/c1-13(2)20-18-12-15-11-17-14(6-8-16-5-3-4-10-31-16)7-9-19(32)22(17)25(34)21(15)26(35)29(18,38)27(36)23(24(20)33)28(30)37/h3-5,7,9-10,13,15,18,20,32,34,36,38H,6,8,11-12H2,1-2H3,(H2,30,37)/t15-,18-,20-,29-/m0/s1. The number of pyridine rings is 1. The van der Waals surface area contributed by atoms with Crippen molar-refractivity contribution in [1.29, 1.82) is 0 Å². The van der Waals surface area contributed by atoms with Crippen LogP contribution in [-0.4, -0.2) is 48.5 Å². The molecule has 38 heavy (non-hydrogen) atoms. The maximum absolute atomic E-state index is 13.9. The number of aromatic nitrogens is 1. The number of hydrogen-bond donors (Lipinski definition) is 5. The van der Waals surface area contributed by atoms with E-state index in [1.54, 1.807) is 26.1 Å². The SMILES string of the molecule is CC(C)[C@@H]1C(=O)C(C(N)=O)=C(O)[C@@]2(O)C(=O)C3=C(O)c4c(O)ccc(CCc5ccccn5)c4C[C@H]3C[C@@H]12. The predicted molar refractivity (Wildman–Crippen MR) is 137 cm³/mol. The monoisotopic (exact) mass is 518 g/mol. The molecule has 1 aromatic heterocycles. The number of nitrogens with zero attached hydrogens (tertiary/aromatic N) is 1. The molecule has 9 nitrogen and oxygen atoms in total. The van der Waals surface area contributed by atoms with Crippen LogP contribution in [0.15, 0.2) is 53.4 Å². The summed E-state index contributed by atoms with van der Waals surface area (Å²) in [5, 5.41) is 44.6. The minimum absolute atomic E-state index is 0.0983. The number of hydrogen-bond acceptors (Lipinski definition) is 8. The number of aromatic hydroxyl groups is 1. The number of benzene rings is 1. The molecule has 1 saturated carbocycles. The highest BCUT2D eigenvalue weighted by molar-refractivity contribution is 6.23. The molecule has 0 aliphatic heterocycles. The zero-order valence-electron chi connectivity index (χ0n) is 21.1. The molecule has 198 valence electrons. The summed E-state index contributed by atoms with van der Waals surface area (Å²) in [5.74, 6) is -7.61. The van der Waals surface area contributed by atoms with Gasteiger partial charge < -0.3 is 26.2 Å². The largest absolute Gasteiger partial charge is 0.508 e. The van der Waals surface area contributed by atoms with E-state index in [2.05, 4.69) is 4.98 Å². The number of ketones is 2. The molecule has 0 spiro atoms. The third-order valence-corrected chi connectivity index (χ3v) is 8.33. The first-order valence-electron chi connectivity index (χ1n) is 12.7. The second kappa shape index (κ2) is 9.09. The van der Waals surface area contributed by atoms with Crippen molar-refractivity contribution < 1.29 is 34.8 Å². The normalized spacial score (nSPS) is 26.8. The van der Waals surface area contributed by atoms with Gasteiger partial charge in [0.25, 0.3) is 5.91 Å². The van der Waals surface area contributed by atoms with Crippen LogP contribution in [0.5, 0.6) is 5.75 Å². The Balaban J connectivity index is 1.63. The van der Waals surface area contributed by atoms with Crippen LogP contribution in [0.3, 0.4) is 0 Å². The highest BCUT2D eigenvalue weighted by atomic mass is 16.3. The van der Waals surface area contributed by atoms with Crippen LogP contribution in [0.1, 0.15) is 42.7 Å². The zero-order chi connectivity index (χ0) is 27.5. The maximum atomic E-state index is 13.9. The first-order valence-corrected chi connectivity index (χ1v) is 12.7. The van der Waals surface area contributed by atoms with Gasteiger partial charge in [-0.2, -0.15) is 0 Å². The molecule has 0 unspecified atom stereocenters. The fourth-order valence-electron chi connectivity index (χ4n) is 6.59. The number of phenols is 1. The van der Waals surface area contributed by atoms with Gasteiger partial charge in [-0.25, -0.2) is 0 Å². The summed E-state index contributed by atoms with van der Waals surface area (Å²) < 4.78 is 0. The Morgan fingerprint density at radius 3 is 2.50 bits per heavy atom. The molecule has 0 bridgehead atoms. The lowest BCUT2D eigenvalue weighted by atomic mass is 9.54. The van der Waals surface area contributed by atoms with E-state index in [1.807, 2.05) is 18.2 Å². The van der Waals surface area contributed by atoms with E-state index in [1.165, 1.54) is 6.07 Å². The minimum atomic E-state index is -2.60. The van der Waals surface area contributed by atoms with Crippen molar-refractivity contribution in [3.05, 3.63) is 75.8 Å². The number of amides is 1. The minimum Gasteiger partial charge on any atom is -0.508 e. The number of Topliss-reactive ketones (excluding diaryl/α,β-unsaturated/α-hetero) is 2. The van der Waals surface area contributed by atoms with E-state index < -0.39 is 57.9 Å². The summed E-state index contributed by atoms with van der Waals surface area (Å²) in [5.41, 5.74) is 4.40. The first-order chi connectivity index (χ1) is 18.0. The van der Waals surface area contributed by atoms with Crippen molar-refractivity contribution in [1.82, 2.24) is 4.98 Å². The third-order valence-electron chi connectivity index (χ3n) is 8.33. The molecule has 1 fully saturated rings. The molecule has 3 aliphatic carbocycles. The van der Waals surface area contributed by atoms with Gasteiger partial charge in [0.05, 0.1) is 5.56 Å². The maximum Gasteiger partial charge on any atom is 0.255 e. The molecule has 6 N–H and O–H groups in total. The van der Waals surface area contributed by atoms with Crippen molar-refractivity contribution >= 4 is 23.2 Å². The average Bonchev–Trinajstić information content (AvgIpc) is 2.86. The number of carbonyl (C=O) groups is 3. The zero-order valence-corrected chi connectivity index (χ0v) is 21.1. The van der Waals surface area contributed by atoms with Crippen LogP contribution < -0.4 is 5.73 Å². The Bertz CT molecular complexity index is 1430. The molecule has 3 aliphatic rings. The summed E-state index contributed by atoms with van der Waals surface area (Å²) in [6.07, 6.45) is 3.29. The van der Waals surface area contributed by atoms with E-state index in [9.17, 15) is 34.8 Å². The predicted octanol–water partition coefficient (Wildman–Crippen LogP) is 2.49. The van der Waals surface area contributed by atoms with Crippen LogP contribution in [0.4, 0.5) is 0 Å². The molecule has 1 aromatic carbocycles. The van der Waals surface area contributed by atoms with E-state index in [0.717, 1.165) is 11.3 Å². The Morgan fingerprint density at radius 2 is 1.87 bits per heavy atom. The van der Waals surface area contributed by atoms with Gasteiger partial charge in [-0.3, -0.25) is 19.4 Å². The lowest BCUT2D eigenvalue weighted by Crippen LogP contribution is -2.62. The summed E-state index contributed by atoms with van der Waals surface area (Å²) in [4.78, 5) is 43.5. The van der Waals surface area contributed by atoms with Crippen LogP contribution in [0.2, 0.25) is 0 Å². The van der Waals surface area contributed by atoms with Crippen molar-refractivity contribution in [2.45, 2.75) is 45.1 Å². The molecule has 0 radical (unpaired) electrons. The summed E-state index contributed by atoms with van der Waals surface area (Å²) in [6, 6.07) is 8.87. The van der Waals surface area contributed by atoms with Crippen LogP contribution in [0, 0.1) is 23.7 Å². The van der Waals surface area contributed by atoms with Crippen molar-refractivity contribution in [3.63, 3.8) is 0 Å². The number of fused-ring (bicyclic) bond motifs is 3. The van der Waals surface area contributed by atoms with Crippen molar-refractivity contribution in [2.24, 2.45) is 29.4 Å². The number of aliphatic hydroxyl groups is 3. The van der Waals surface area contributed by atoms with Crippen LogP contribution in [-0.2, 0) is 33.6 Å². The van der Waals surface area contributed by atoms with Gasteiger partial charge >= 0.3 is 0 Å². The lowest BCUT2D eigenvalue weighted by Gasteiger charge is -2.50. The number of rotatable bonds is 5. The van der Waals surface area contributed by atoms with Gasteiger partial charge in [0, 0.05) is 29.3 Å². The number of phenolic OH excluding ortho intramolecular Hbond substituents is 1. The topological polar surface area (TPSA) is 171 Å². The third kappa shape index (κ3) is 3.64. The van der Waals surface area contributed by atoms with Gasteiger partial charge in [0.2, 0.25) is 5.78 Å².